The van der Waals surface area contributed by atoms with Gasteiger partial charge in [-0.1, -0.05) is 27.7 Å². The van der Waals surface area contributed by atoms with E-state index in [1.165, 1.54) is 18.7 Å². The van der Waals surface area contributed by atoms with E-state index < -0.39 is 0 Å². The van der Waals surface area contributed by atoms with Gasteiger partial charge < -0.3 is 9.72 Å². The Morgan fingerprint density at radius 3 is 3.18 bits per heavy atom. The summed E-state index contributed by atoms with van der Waals surface area (Å²) in [7, 11) is 0. The van der Waals surface area contributed by atoms with Crippen LogP contribution in [0.5, 0.6) is 0 Å². The van der Waals surface area contributed by atoms with Gasteiger partial charge in [-0.25, -0.2) is 4.98 Å². The first-order valence-electron chi connectivity index (χ1n) is 5.06. The number of fused-ring (bicyclic) bond motifs is 1. The number of hydrogen-bond donors (Lipinski definition) is 1. The Morgan fingerprint density at radius 1 is 1.59 bits per heavy atom. The summed E-state index contributed by atoms with van der Waals surface area (Å²) in [5.41, 5.74) is 1.93. The Morgan fingerprint density at radius 2 is 2.41 bits per heavy atom. The van der Waals surface area contributed by atoms with Crippen molar-refractivity contribution in [1.29, 1.82) is 0 Å². The van der Waals surface area contributed by atoms with E-state index in [4.69, 9.17) is 4.74 Å². The number of rotatable bonds is 4. The molecule has 0 aliphatic rings. The molecule has 0 amide bonds. The average molecular weight is 315 g/mol. The van der Waals surface area contributed by atoms with Crippen molar-refractivity contribution in [3.63, 3.8) is 0 Å². The molecule has 0 spiro atoms. The lowest BCUT2D eigenvalue weighted by molar-refractivity contribution is -0.140. The molecule has 4 nitrogen and oxygen atoms in total. The summed E-state index contributed by atoms with van der Waals surface area (Å²) in [6.45, 7) is 1.81. The summed E-state index contributed by atoms with van der Waals surface area (Å²) in [4.78, 5) is 18.2. The Labute approximate surface area is 111 Å². The van der Waals surface area contributed by atoms with Gasteiger partial charge in [0.2, 0.25) is 0 Å². The van der Waals surface area contributed by atoms with Crippen LogP contribution < -0.4 is 0 Å². The Hall–Kier alpha value is -1.01. The maximum atomic E-state index is 10.6. The molecule has 0 bridgehead atoms. The number of imidazole rings is 1. The minimum atomic E-state index is -0.251. The second-order valence-electron chi connectivity index (χ2n) is 3.39. The topological polar surface area (TPSA) is 55.0 Å². The molecule has 0 saturated carbocycles. The van der Waals surface area contributed by atoms with Gasteiger partial charge in [-0.2, -0.15) is 0 Å². The van der Waals surface area contributed by atoms with Crippen LogP contribution in [0.1, 0.15) is 6.92 Å². The van der Waals surface area contributed by atoms with Crippen LogP contribution in [-0.2, 0) is 9.53 Å². The van der Waals surface area contributed by atoms with Crippen LogP contribution in [0.25, 0.3) is 11.0 Å². The van der Waals surface area contributed by atoms with Crippen molar-refractivity contribution in [2.75, 3.05) is 12.4 Å². The Balaban J connectivity index is 1.97. The summed E-state index contributed by atoms with van der Waals surface area (Å²) >= 11 is 4.94. The van der Waals surface area contributed by atoms with Gasteiger partial charge in [0.15, 0.2) is 5.16 Å². The molecule has 1 heterocycles. The Kier molecular flexibility index (Phi) is 4.06. The first-order chi connectivity index (χ1) is 8.15. The number of carbonyl (C=O) groups is 1. The number of carbonyl (C=O) groups excluding carboxylic acids is 1. The molecular formula is C11H11BrN2O2S. The van der Waals surface area contributed by atoms with Crippen molar-refractivity contribution in [2.45, 2.75) is 12.1 Å². The highest BCUT2D eigenvalue weighted by molar-refractivity contribution is 9.10. The third-order valence-corrected chi connectivity index (χ3v) is 3.38. The van der Waals surface area contributed by atoms with E-state index in [1.807, 2.05) is 18.2 Å². The molecule has 0 saturated heterocycles. The zero-order valence-electron chi connectivity index (χ0n) is 9.20. The first kappa shape index (κ1) is 12.4. The van der Waals surface area contributed by atoms with Gasteiger partial charge >= 0.3 is 5.97 Å². The van der Waals surface area contributed by atoms with Gasteiger partial charge in [0.25, 0.3) is 0 Å². The molecule has 0 atom stereocenters. The maximum Gasteiger partial charge on any atom is 0.302 e. The highest BCUT2D eigenvalue weighted by Gasteiger charge is 2.03. The van der Waals surface area contributed by atoms with Gasteiger partial charge in [0.05, 0.1) is 11.0 Å². The number of ether oxygens (including phenoxy) is 1. The highest BCUT2D eigenvalue weighted by atomic mass is 79.9. The van der Waals surface area contributed by atoms with Crippen LogP contribution in [0.4, 0.5) is 0 Å². The summed E-state index contributed by atoms with van der Waals surface area (Å²) in [5.74, 6) is 0.444. The van der Waals surface area contributed by atoms with Crippen molar-refractivity contribution in [3.8, 4) is 0 Å². The number of esters is 1. The molecular weight excluding hydrogens is 304 g/mol. The molecule has 1 aromatic carbocycles. The van der Waals surface area contributed by atoms with Crippen LogP contribution in [-0.4, -0.2) is 28.3 Å². The fourth-order valence-corrected chi connectivity index (χ4v) is 2.42. The normalized spacial score (nSPS) is 10.7. The van der Waals surface area contributed by atoms with E-state index in [9.17, 15) is 4.79 Å². The van der Waals surface area contributed by atoms with E-state index in [0.717, 1.165) is 20.7 Å². The lowest BCUT2D eigenvalue weighted by Gasteiger charge is -1.98. The maximum absolute atomic E-state index is 10.6. The highest BCUT2D eigenvalue weighted by Crippen LogP contribution is 2.22. The lowest BCUT2D eigenvalue weighted by atomic mass is 10.3. The smallest absolute Gasteiger partial charge is 0.302 e. The number of thioether (sulfide) groups is 1. The van der Waals surface area contributed by atoms with Gasteiger partial charge in [0, 0.05) is 17.1 Å². The van der Waals surface area contributed by atoms with Crippen molar-refractivity contribution in [2.24, 2.45) is 0 Å². The molecule has 0 radical (unpaired) electrons. The van der Waals surface area contributed by atoms with Crippen molar-refractivity contribution in [3.05, 3.63) is 22.7 Å². The van der Waals surface area contributed by atoms with E-state index in [-0.39, 0.29) is 5.97 Å². The number of hydrogen-bond acceptors (Lipinski definition) is 4. The van der Waals surface area contributed by atoms with Crippen LogP contribution in [0, 0.1) is 0 Å². The second kappa shape index (κ2) is 5.55. The molecule has 1 aromatic heterocycles. The monoisotopic (exact) mass is 314 g/mol. The molecule has 0 aliphatic carbocycles. The predicted molar refractivity (Wildman–Crippen MR) is 71.2 cm³/mol. The quantitative estimate of drug-likeness (QED) is 0.535. The largest absolute Gasteiger partial charge is 0.465 e. The van der Waals surface area contributed by atoms with Gasteiger partial charge in [-0.05, 0) is 18.2 Å². The van der Waals surface area contributed by atoms with E-state index in [2.05, 4.69) is 25.9 Å². The fourth-order valence-electron chi connectivity index (χ4n) is 1.35. The second-order valence-corrected chi connectivity index (χ2v) is 5.39. The number of aromatic amines is 1. The lowest BCUT2D eigenvalue weighted by Crippen LogP contribution is -2.02. The molecule has 2 rings (SSSR count). The summed E-state index contributed by atoms with van der Waals surface area (Å²) in [6.07, 6.45) is 0. The van der Waals surface area contributed by atoms with Crippen molar-refractivity contribution in [1.82, 2.24) is 9.97 Å². The number of nitrogens with one attached hydrogen (secondary N) is 1. The number of benzene rings is 1. The van der Waals surface area contributed by atoms with Gasteiger partial charge in [-0.3, -0.25) is 4.79 Å². The van der Waals surface area contributed by atoms with E-state index in [1.54, 1.807) is 0 Å². The SMILES string of the molecule is CC(=O)OCCSc1nc2ccc(Br)cc2[nH]1. The molecule has 0 fully saturated rings. The van der Waals surface area contributed by atoms with Gasteiger partial charge in [0.1, 0.15) is 6.61 Å². The Bertz CT molecular complexity index is 541. The summed E-state index contributed by atoms with van der Waals surface area (Å²) in [6, 6.07) is 5.89. The van der Waals surface area contributed by atoms with E-state index >= 15 is 0 Å². The number of halogens is 1. The van der Waals surface area contributed by atoms with Crippen LogP contribution in [0.3, 0.4) is 0 Å². The number of H-pyrrole nitrogens is 1. The minimum absolute atomic E-state index is 0.251. The number of nitrogens with zero attached hydrogens (tertiary/aromatic N) is 1. The number of aromatic nitrogens is 2. The van der Waals surface area contributed by atoms with Crippen molar-refractivity contribution >= 4 is 44.7 Å². The first-order valence-corrected chi connectivity index (χ1v) is 6.84. The average Bonchev–Trinajstić information content (AvgIpc) is 2.66. The fraction of sp³-hybridized carbons (Fsp3) is 0.273. The van der Waals surface area contributed by atoms with Crippen LogP contribution >= 0.6 is 27.7 Å². The molecule has 2 aromatic rings. The summed E-state index contributed by atoms with van der Waals surface area (Å²) in [5, 5.41) is 0.838. The standard InChI is InChI=1S/C11H11BrN2O2S/c1-7(15)16-4-5-17-11-13-9-3-2-8(12)6-10(9)14-11/h2-3,6H,4-5H2,1H3,(H,13,14). The zero-order chi connectivity index (χ0) is 12.3. The molecule has 1 N–H and O–H groups in total. The van der Waals surface area contributed by atoms with Crippen molar-refractivity contribution < 1.29 is 9.53 Å². The third-order valence-electron chi connectivity index (χ3n) is 2.05. The zero-order valence-corrected chi connectivity index (χ0v) is 11.6. The predicted octanol–water partition coefficient (Wildman–Crippen LogP) is 2.98. The molecule has 90 valence electrons. The summed E-state index contributed by atoms with van der Waals surface area (Å²) < 4.78 is 5.87. The van der Waals surface area contributed by atoms with Crippen LogP contribution in [0.15, 0.2) is 27.8 Å². The molecule has 0 unspecified atom stereocenters. The molecule has 0 aliphatic heterocycles. The molecule has 6 heteroatoms. The van der Waals surface area contributed by atoms with Gasteiger partial charge in [-0.15, -0.1) is 0 Å². The minimum Gasteiger partial charge on any atom is -0.465 e. The third kappa shape index (κ3) is 3.47. The van der Waals surface area contributed by atoms with E-state index in [0.29, 0.717) is 12.4 Å². The molecule has 17 heavy (non-hydrogen) atoms. The van der Waals surface area contributed by atoms with Crippen LogP contribution in [0.2, 0.25) is 0 Å².